The fourth-order valence-corrected chi connectivity index (χ4v) is 4.39. The third kappa shape index (κ3) is 1.95. The lowest BCUT2D eigenvalue weighted by atomic mass is 9.66. The fraction of sp³-hybridized carbons (Fsp3) is 0.562. The maximum Gasteiger partial charge on any atom is 0.160 e. The molecule has 112 valence electrons. The Hall–Kier alpha value is -1.59. The van der Waals surface area contributed by atoms with Crippen LogP contribution in [0.5, 0.6) is 11.5 Å². The van der Waals surface area contributed by atoms with E-state index in [9.17, 15) is 9.90 Å². The summed E-state index contributed by atoms with van der Waals surface area (Å²) in [6, 6.07) is 5.40. The highest BCUT2D eigenvalue weighted by Gasteiger charge is 2.55. The van der Waals surface area contributed by atoms with Crippen molar-refractivity contribution in [2.45, 2.75) is 6.42 Å². The second-order valence-electron chi connectivity index (χ2n) is 6.69. The molecule has 5 rings (SSSR count). The summed E-state index contributed by atoms with van der Waals surface area (Å²) in [5.74, 6) is 1.23. The number of nitrogens with zero attached hydrogens (tertiary/aromatic N) is 2. The van der Waals surface area contributed by atoms with Gasteiger partial charge in [-0.1, -0.05) is 6.07 Å². The third-order valence-corrected chi connectivity index (χ3v) is 5.09. The van der Waals surface area contributed by atoms with Crippen LogP contribution in [0.2, 0.25) is 0 Å². The number of Topliss-reactive ketones (excluding diaryl/α,β-unsaturated/α-hetero) is 1. The number of aromatic hydroxyl groups is 1. The lowest BCUT2D eigenvalue weighted by Gasteiger charge is -2.58. The van der Waals surface area contributed by atoms with Gasteiger partial charge >= 0.3 is 0 Å². The number of ether oxygens (including phenoxy) is 1. The Morgan fingerprint density at radius 3 is 2.71 bits per heavy atom. The molecule has 4 aliphatic heterocycles. The number of hydrogen-bond donors (Lipinski definition) is 1. The topological polar surface area (TPSA) is 53.0 Å². The second-order valence-corrected chi connectivity index (χ2v) is 6.69. The first kappa shape index (κ1) is 13.1. The van der Waals surface area contributed by atoms with Crippen molar-refractivity contribution < 1.29 is 14.6 Å². The summed E-state index contributed by atoms with van der Waals surface area (Å²) < 4.78 is 5.18. The Balaban J connectivity index is 1.65. The number of carbonyl (C=O) groups excluding carboxylic acids is 1. The lowest BCUT2D eigenvalue weighted by molar-refractivity contribution is -0.165. The molecule has 1 N–H and O–H groups in total. The molecule has 2 atom stereocenters. The van der Waals surface area contributed by atoms with E-state index in [-0.39, 0.29) is 17.1 Å². The van der Waals surface area contributed by atoms with Gasteiger partial charge < -0.3 is 9.84 Å². The molecule has 4 fully saturated rings. The first-order chi connectivity index (χ1) is 10.1. The zero-order chi connectivity index (χ0) is 14.6. The largest absolute Gasteiger partial charge is 0.504 e. The van der Waals surface area contributed by atoms with Crippen molar-refractivity contribution in [3.8, 4) is 11.5 Å². The number of methoxy groups -OCH3 is 1. The number of phenolic OH excluding ortho intramolecular Hbond substituents is 1. The third-order valence-electron chi connectivity index (χ3n) is 5.09. The summed E-state index contributed by atoms with van der Waals surface area (Å²) in [5, 5.41) is 9.71. The fourth-order valence-electron chi connectivity index (χ4n) is 4.39. The molecule has 4 bridgehead atoms. The minimum Gasteiger partial charge on any atom is -0.504 e. The van der Waals surface area contributed by atoms with Crippen LogP contribution in [0.1, 0.15) is 5.56 Å². The zero-order valence-electron chi connectivity index (χ0n) is 12.2. The van der Waals surface area contributed by atoms with Crippen LogP contribution in [0.15, 0.2) is 18.2 Å². The number of hydrogen-bond acceptors (Lipinski definition) is 5. The van der Waals surface area contributed by atoms with Gasteiger partial charge in [-0.15, -0.1) is 0 Å². The number of benzene rings is 1. The van der Waals surface area contributed by atoms with E-state index in [1.807, 2.05) is 12.1 Å². The van der Waals surface area contributed by atoms with Gasteiger partial charge in [0.25, 0.3) is 0 Å². The van der Waals surface area contributed by atoms with E-state index in [2.05, 4.69) is 9.80 Å². The van der Waals surface area contributed by atoms with Crippen molar-refractivity contribution in [2.75, 3.05) is 40.0 Å². The Bertz CT molecular complexity index is 587. The molecular formula is C16H20N2O3. The van der Waals surface area contributed by atoms with Crippen molar-refractivity contribution in [3.05, 3.63) is 23.8 Å². The van der Waals surface area contributed by atoms with Crippen LogP contribution in [-0.2, 0) is 11.2 Å². The molecule has 0 aromatic heterocycles. The average Bonchev–Trinajstić information content (AvgIpc) is 2.46. The zero-order valence-corrected chi connectivity index (χ0v) is 12.2. The average molecular weight is 288 g/mol. The molecule has 0 spiro atoms. The summed E-state index contributed by atoms with van der Waals surface area (Å²) in [4.78, 5) is 17.6. The van der Waals surface area contributed by atoms with Crippen LogP contribution in [-0.4, -0.2) is 60.6 Å². The van der Waals surface area contributed by atoms with E-state index < -0.39 is 0 Å². The smallest absolute Gasteiger partial charge is 0.160 e. The molecule has 4 aliphatic rings. The van der Waals surface area contributed by atoms with Crippen LogP contribution in [0.25, 0.3) is 0 Å². The van der Waals surface area contributed by atoms with Gasteiger partial charge in [-0.2, -0.15) is 0 Å². The molecule has 5 heteroatoms. The molecule has 4 saturated heterocycles. The van der Waals surface area contributed by atoms with Crippen molar-refractivity contribution in [1.82, 2.24) is 9.80 Å². The van der Waals surface area contributed by atoms with Gasteiger partial charge in [-0.05, 0) is 24.1 Å². The maximum atomic E-state index is 12.8. The van der Waals surface area contributed by atoms with Crippen molar-refractivity contribution >= 4 is 5.78 Å². The molecule has 21 heavy (non-hydrogen) atoms. The van der Waals surface area contributed by atoms with Crippen LogP contribution in [0, 0.1) is 11.3 Å². The summed E-state index contributed by atoms with van der Waals surface area (Å²) in [5.41, 5.74) is 0.781. The highest BCUT2D eigenvalue weighted by molar-refractivity contribution is 5.90. The van der Waals surface area contributed by atoms with Gasteiger partial charge in [0.15, 0.2) is 11.5 Å². The number of rotatable bonds is 3. The molecule has 1 aromatic rings. The van der Waals surface area contributed by atoms with E-state index in [0.29, 0.717) is 11.5 Å². The minimum atomic E-state index is -0.276. The molecule has 4 heterocycles. The van der Waals surface area contributed by atoms with Crippen molar-refractivity contribution in [3.63, 3.8) is 0 Å². The summed E-state index contributed by atoms with van der Waals surface area (Å²) in [6.45, 7) is 4.58. The van der Waals surface area contributed by atoms with Crippen LogP contribution in [0.3, 0.4) is 0 Å². The molecule has 0 radical (unpaired) electrons. The van der Waals surface area contributed by atoms with Crippen LogP contribution in [0.4, 0.5) is 0 Å². The molecule has 0 aliphatic carbocycles. The van der Waals surface area contributed by atoms with E-state index >= 15 is 0 Å². The lowest BCUT2D eigenvalue weighted by Crippen LogP contribution is -2.72. The van der Waals surface area contributed by atoms with Gasteiger partial charge in [-0.25, -0.2) is 0 Å². The van der Waals surface area contributed by atoms with Crippen LogP contribution < -0.4 is 4.74 Å². The van der Waals surface area contributed by atoms with Crippen LogP contribution >= 0.6 is 0 Å². The van der Waals surface area contributed by atoms with E-state index in [1.54, 1.807) is 13.2 Å². The quantitative estimate of drug-likeness (QED) is 0.888. The first-order valence-electron chi connectivity index (χ1n) is 7.44. The van der Waals surface area contributed by atoms with Gasteiger partial charge in [0.05, 0.1) is 19.2 Å². The molecule has 5 nitrogen and oxygen atoms in total. The molecule has 1 aromatic carbocycles. The van der Waals surface area contributed by atoms with Gasteiger partial charge in [0.1, 0.15) is 5.78 Å². The number of ketones is 1. The first-order valence-corrected chi connectivity index (χ1v) is 7.44. The van der Waals surface area contributed by atoms with Gasteiger partial charge in [0, 0.05) is 32.1 Å². The molecule has 2 unspecified atom stereocenters. The number of carbonyl (C=O) groups is 1. The SMILES string of the molecule is COc1cc(CC23CN4CC(CN(C4)C2)C3=O)ccc1O. The number of piperidine rings is 2. The second kappa shape index (κ2) is 4.45. The monoisotopic (exact) mass is 288 g/mol. The summed E-state index contributed by atoms with van der Waals surface area (Å²) >= 11 is 0. The van der Waals surface area contributed by atoms with Crippen molar-refractivity contribution in [2.24, 2.45) is 11.3 Å². The molecule has 0 amide bonds. The van der Waals surface area contributed by atoms with Crippen molar-refractivity contribution in [1.29, 1.82) is 0 Å². The van der Waals surface area contributed by atoms with Gasteiger partial charge in [0.2, 0.25) is 0 Å². The Morgan fingerprint density at radius 1 is 1.33 bits per heavy atom. The standard InChI is InChI=1S/C16H20N2O3/c1-21-14-4-11(2-3-13(14)19)5-16-8-17-6-12(15(16)20)7-18(9-16)10-17/h2-4,12,19H,5-10H2,1H3. The predicted octanol–water partition coefficient (Wildman–Crippen LogP) is 0.717. The summed E-state index contributed by atoms with van der Waals surface area (Å²) in [6.07, 6.45) is 0.728. The van der Waals surface area contributed by atoms with E-state index in [1.165, 1.54) is 0 Å². The minimum absolute atomic E-state index is 0.144. The Kier molecular flexibility index (Phi) is 2.78. The maximum absolute atomic E-state index is 12.8. The highest BCUT2D eigenvalue weighted by atomic mass is 16.5. The molecular weight excluding hydrogens is 268 g/mol. The normalized spacial score (nSPS) is 37.0. The highest BCUT2D eigenvalue weighted by Crippen LogP contribution is 2.42. The van der Waals surface area contributed by atoms with E-state index in [0.717, 1.165) is 44.8 Å². The Labute approximate surface area is 124 Å². The van der Waals surface area contributed by atoms with E-state index in [4.69, 9.17) is 4.74 Å². The molecule has 0 saturated carbocycles. The number of phenols is 1. The predicted molar refractivity (Wildman–Crippen MR) is 77.3 cm³/mol. The summed E-state index contributed by atoms with van der Waals surface area (Å²) in [7, 11) is 1.55. The Morgan fingerprint density at radius 2 is 2.05 bits per heavy atom. The van der Waals surface area contributed by atoms with Gasteiger partial charge in [-0.3, -0.25) is 14.6 Å².